The molecule has 0 heterocycles. The molecule has 0 fully saturated rings. The summed E-state index contributed by atoms with van der Waals surface area (Å²) in [5.41, 5.74) is 8.36. The Labute approximate surface area is 115 Å². The first-order valence-electron chi connectivity index (χ1n) is 6.76. The molecule has 0 spiro atoms. The monoisotopic (exact) mass is 264 g/mol. The summed E-state index contributed by atoms with van der Waals surface area (Å²) in [4.78, 5) is 11.6. The van der Waals surface area contributed by atoms with Gasteiger partial charge in [0.25, 0.3) is 0 Å². The number of anilines is 1. The van der Waals surface area contributed by atoms with E-state index in [0.717, 1.165) is 42.0 Å². The Balaban J connectivity index is 2.82. The largest absolute Gasteiger partial charge is 0.494 e. The van der Waals surface area contributed by atoms with Crippen molar-refractivity contribution in [2.45, 2.75) is 46.6 Å². The summed E-state index contributed by atoms with van der Waals surface area (Å²) in [5, 5.41) is 2.85. The Morgan fingerprint density at radius 2 is 1.95 bits per heavy atom. The van der Waals surface area contributed by atoms with Crippen molar-refractivity contribution < 1.29 is 9.53 Å². The molecule has 1 aromatic carbocycles. The van der Waals surface area contributed by atoms with E-state index in [9.17, 15) is 4.79 Å². The van der Waals surface area contributed by atoms with Gasteiger partial charge < -0.3 is 15.8 Å². The van der Waals surface area contributed by atoms with Gasteiger partial charge in [-0.3, -0.25) is 4.79 Å². The lowest BCUT2D eigenvalue weighted by atomic mass is 10.1. The molecule has 0 bridgehead atoms. The van der Waals surface area contributed by atoms with Gasteiger partial charge in [-0.05, 0) is 50.5 Å². The molecule has 0 aliphatic heterocycles. The fraction of sp³-hybridized carbons (Fsp3) is 0.533. The predicted molar refractivity (Wildman–Crippen MR) is 78.6 cm³/mol. The number of carbonyl (C=O) groups excluding carboxylic acids is 1. The van der Waals surface area contributed by atoms with Gasteiger partial charge in [0.1, 0.15) is 5.75 Å². The molecule has 4 heteroatoms. The van der Waals surface area contributed by atoms with Crippen LogP contribution in [0.1, 0.15) is 37.8 Å². The quantitative estimate of drug-likeness (QED) is 0.776. The maximum atomic E-state index is 11.6. The first-order valence-corrected chi connectivity index (χ1v) is 6.76. The molecular weight excluding hydrogens is 240 g/mol. The van der Waals surface area contributed by atoms with Crippen LogP contribution in [0.3, 0.4) is 0 Å². The maximum Gasteiger partial charge on any atom is 0.241 e. The number of hydrogen-bond acceptors (Lipinski definition) is 3. The summed E-state index contributed by atoms with van der Waals surface area (Å²) < 4.78 is 5.68. The molecule has 0 saturated heterocycles. The van der Waals surface area contributed by atoms with Crippen molar-refractivity contribution in [1.82, 2.24) is 0 Å². The van der Waals surface area contributed by atoms with Crippen molar-refractivity contribution in [2.75, 3.05) is 11.9 Å². The van der Waals surface area contributed by atoms with Gasteiger partial charge in [-0.1, -0.05) is 13.3 Å². The van der Waals surface area contributed by atoms with E-state index in [1.54, 1.807) is 6.92 Å². The van der Waals surface area contributed by atoms with Crippen LogP contribution in [-0.2, 0) is 4.79 Å². The molecule has 0 radical (unpaired) electrons. The molecule has 1 unspecified atom stereocenters. The minimum atomic E-state index is -0.515. The second kappa shape index (κ2) is 7.14. The Hall–Kier alpha value is -1.55. The van der Waals surface area contributed by atoms with E-state index in [-0.39, 0.29) is 5.91 Å². The lowest BCUT2D eigenvalue weighted by Crippen LogP contribution is -2.32. The van der Waals surface area contributed by atoms with Gasteiger partial charge in [-0.2, -0.15) is 0 Å². The summed E-state index contributed by atoms with van der Waals surface area (Å²) in [7, 11) is 0. The van der Waals surface area contributed by atoms with Gasteiger partial charge in [0, 0.05) is 5.69 Å². The van der Waals surface area contributed by atoms with E-state index >= 15 is 0 Å². The van der Waals surface area contributed by atoms with Crippen LogP contribution < -0.4 is 15.8 Å². The number of unbranched alkanes of at least 4 members (excludes halogenated alkanes) is 1. The van der Waals surface area contributed by atoms with Gasteiger partial charge in [-0.25, -0.2) is 0 Å². The highest BCUT2D eigenvalue weighted by Gasteiger charge is 2.12. The molecule has 1 rings (SSSR count). The van der Waals surface area contributed by atoms with E-state index < -0.39 is 6.04 Å². The van der Waals surface area contributed by atoms with Crippen LogP contribution in [0.15, 0.2) is 12.1 Å². The van der Waals surface area contributed by atoms with E-state index in [0.29, 0.717) is 0 Å². The number of ether oxygens (including phenoxy) is 1. The summed E-state index contributed by atoms with van der Waals surface area (Å²) in [6.45, 7) is 8.43. The second-order valence-corrected chi connectivity index (χ2v) is 4.91. The smallest absolute Gasteiger partial charge is 0.241 e. The molecule has 0 saturated carbocycles. The zero-order valence-electron chi connectivity index (χ0n) is 12.2. The highest BCUT2D eigenvalue weighted by atomic mass is 16.5. The molecule has 1 amide bonds. The lowest BCUT2D eigenvalue weighted by molar-refractivity contribution is -0.117. The summed E-state index contributed by atoms with van der Waals surface area (Å²) in [6.07, 6.45) is 2.15. The number of carbonyl (C=O) groups is 1. The molecule has 0 aliphatic rings. The van der Waals surface area contributed by atoms with Gasteiger partial charge in [0.2, 0.25) is 5.91 Å². The summed E-state index contributed by atoms with van der Waals surface area (Å²) in [5.74, 6) is 0.674. The van der Waals surface area contributed by atoms with E-state index in [2.05, 4.69) is 12.2 Å². The fourth-order valence-electron chi connectivity index (χ4n) is 1.78. The third kappa shape index (κ3) is 4.56. The van der Waals surface area contributed by atoms with E-state index in [1.807, 2.05) is 26.0 Å². The van der Waals surface area contributed by atoms with Crippen molar-refractivity contribution in [3.05, 3.63) is 23.3 Å². The Morgan fingerprint density at radius 1 is 1.37 bits per heavy atom. The Bertz CT molecular complexity index is 419. The minimum Gasteiger partial charge on any atom is -0.494 e. The van der Waals surface area contributed by atoms with Crippen LogP contribution in [0.5, 0.6) is 5.75 Å². The first kappa shape index (κ1) is 15.5. The zero-order chi connectivity index (χ0) is 14.4. The third-order valence-corrected chi connectivity index (χ3v) is 2.93. The molecular formula is C15H24N2O2. The molecule has 3 N–H and O–H groups in total. The topological polar surface area (TPSA) is 64.3 Å². The van der Waals surface area contributed by atoms with Crippen LogP contribution in [-0.4, -0.2) is 18.6 Å². The highest BCUT2D eigenvalue weighted by Crippen LogP contribution is 2.26. The standard InChI is InChI=1S/C15H24N2O2/c1-5-6-7-19-13-8-10(2)14(11(3)9-13)17-15(18)12(4)16/h8-9,12H,5-7,16H2,1-4H3,(H,17,18). The lowest BCUT2D eigenvalue weighted by Gasteiger charge is -2.15. The van der Waals surface area contributed by atoms with Gasteiger partial charge in [0.05, 0.1) is 12.6 Å². The number of benzene rings is 1. The van der Waals surface area contributed by atoms with Crippen molar-refractivity contribution >= 4 is 11.6 Å². The van der Waals surface area contributed by atoms with Gasteiger partial charge in [0.15, 0.2) is 0 Å². The van der Waals surface area contributed by atoms with Crippen LogP contribution >= 0.6 is 0 Å². The number of nitrogens with two attached hydrogens (primary N) is 1. The number of rotatable bonds is 6. The summed E-state index contributed by atoms with van der Waals surface area (Å²) >= 11 is 0. The minimum absolute atomic E-state index is 0.175. The highest BCUT2D eigenvalue weighted by molar-refractivity contribution is 5.95. The van der Waals surface area contributed by atoms with Gasteiger partial charge >= 0.3 is 0 Å². The van der Waals surface area contributed by atoms with Crippen LogP contribution in [0, 0.1) is 13.8 Å². The van der Waals surface area contributed by atoms with Crippen molar-refractivity contribution in [1.29, 1.82) is 0 Å². The van der Waals surface area contributed by atoms with Crippen LogP contribution in [0.25, 0.3) is 0 Å². The summed E-state index contributed by atoms with van der Waals surface area (Å²) in [6, 6.07) is 3.37. The van der Waals surface area contributed by atoms with E-state index in [1.165, 1.54) is 0 Å². The number of hydrogen-bond donors (Lipinski definition) is 2. The zero-order valence-corrected chi connectivity index (χ0v) is 12.2. The molecule has 106 valence electrons. The van der Waals surface area contributed by atoms with Crippen molar-refractivity contribution in [3.63, 3.8) is 0 Å². The second-order valence-electron chi connectivity index (χ2n) is 4.91. The average molecular weight is 264 g/mol. The number of amides is 1. The van der Waals surface area contributed by atoms with Crippen molar-refractivity contribution in [2.24, 2.45) is 5.73 Å². The number of aryl methyl sites for hydroxylation is 2. The normalized spacial score (nSPS) is 12.1. The van der Waals surface area contributed by atoms with Gasteiger partial charge in [-0.15, -0.1) is 0 Å². The number of nitrogens with one attached hydrogen (secondary N) is 1. The van der Waals surface area contributed by atoms with Crippen LogP contribution in [0.4, 0.5) is 5.69 Å². The molecule has 0 aromatic heterocycles. The molecule has 0 aliphatic carbocycles. The van der Waals surface area contributed by atoms with Crippen molar-refractivity contribution in [3.8, 4) is 5.75 Å². The molecule has 4 nitrogen and oxygen atoms in total. The molecule has 1 atom stereocenters. The third-order valence-electron chi connectivity index (χ3n) is 2.93. The Morgan fingerprint density at radius 3 is 2.42 bits per heavy atom. The SMILES string of the molecule is CCCCOc1cc(C)c(NC(=O)C(C)N)c(C)c1. The van der Waals surface area contributed by atoms with Crippen LogP contribution in [0.2, 0.25) is 0 Å². The Kier molecular flexibility index (Phi) is 5.83. The predicted octanol–water partition coefficient (Wildman–Crippen LogP) is 2.77. The maximum absolute atomic E-state index is 11.6. The van der Waals surface area contributed by atoms with E-state index in [4.69, 9.17) is 10.5 Å². The molecule has 1 aromatic rings. The average Bonchev–Trinajstić information content (AvgIpc) is 2.33. The first-order chi connectivity index (χ1) is 8.95. The molecule has 19 heavy (non-hydrogen) atoms. The fourth-order valence-corrected chi connectivity index (χ4v) is 1.78.